The maximum Gasteiger partial charge on any atom is 0.302 e. The SMILES string of the molecule is CC/C(=C\C1CCCCC1)COC(C)=O. The van der Waals surface area contributed by atoms with E-state index >= 15 is 0 Å². The zero-order valence-corrected chi connectivity index (χ0v) is 9.92. The van der Waals surface area contributed by atoms with Gasteiger partial charge >= 0.3 is 5.97 Å². The number of hydrogen-bond acceptors (Lipinski definition) is 2. The van der Waals surface area contributed by atoms with Crippen LogP contribution in [0.5, 0.6) is 0 Å². The Morgan fingerprint density at radius 2 is 2.00 bits per heavy atom. The zero-order valence-electron chi connectivity index (χ0n) is 9.92. The predicted molar refractivity (Wildman–Crippen MR) is 61.6 cm³/mol. The van der Waals surface area contributed by atoms with E-state index in [9.17, 15) is 4.79 Å². The lowest BCUT2D eigenvalue weighted by atomic mass is 9.87. The summed E-state index contributed by atoms with van der Waals surface area (Å²) in [7, 11) is 0. The molecule has 0 heterocycles. The fraction of sp³-hybridized carbons (Fsp3) is 0.769. The Bertz CT molecular complexity index is 225. The lowest BCUT2D eigenvalue weighted by Gasteiger charge is -2.19. The van der Waals surface area contributed by atoms with Crippen LogP contribution in [-0.4, -0.2) is 12.6 Å². The van der Waals surface area contributed by atoms with Crippen molar-refractivity contribution in [3.05, 3.63) is 11.6 Å². The highest BCUT2D eigenvalue weighted by Gasteiger charge is 2.11. The van der Waals surface area contributed by atoms with E-state index in [4.69, 9.17) is 4.74 Å². The minimum absolute atomic E-state index is 0.182. The minimum atomic E-state index is -0.182. The van der Waals surface area contributed by atoms with Crippen molar-refractivity contribution in [2.24, 2.45) is 5.92 Å². The highest BCUT2D eigenvalue weighted by atomic mass is 16.5. The highest BCUT2D eigenvalue weighted by molar-refractivity contribution is 5.66. The third-order valence-corrected chi connectivity index (χ3v) is 3.04. The second-order valence-corrected chi connectivity index (χ2v) is 4.36. The molecule has 1 fully saturated rings. The first-order valence-corrected chi connectivity index (χ1v) is 6.05. The Morgan fingerprint density at radius 1 is 1.33 bits per heavy atom. The Balaban J connectivity index is 2.40. The molecule has 86 valence electrons. The number of carbonyl (C=O) groups excluding carboxylic acids is 1. The first-order valence-electron chi connectivity index (χ1n) is 6.05. The van der Waals surface area contributed by atoms with Gasteiger partial charge in [-0.15, -0.1) is 0 Å². The van der Waals surface area contributed by atoms with Crippen LogP contribution in [0.4, 0.5) is 0 Å². The summed E-state index contributed by atoms with van der Waals surface area (Å²) in [5.74, 6) is 0.544. The van der Waals surface area contributed by atoms with Crippen LogP contribution in [0.1, 0.15) is 52.4 Å². The maximum absolute atomic E-state index is 10.7. The van der Waals surface area contributed by atoms with E-state index in [2.05, 4.69) is 13.0 Å². The fourth-order valence-corrected chi connectivity index (χ4v) is 2.10. The molecule has 1 rings (SSSR count). The molecule has 0 spiro atoms. The minimum Gasteiger partial charge on any atom is -0.461 e. The maximum atomic E-state index is 10.7. The molecule has 1 saturated carbocycles. The predicted octanol–water partition coefficient (Wildman–Crippen LogP) is 3.47. The third kappa shape index (κ3) is 5.01. The molecular weight excluding hydrogens is 188 g/mol. The summed E-state index contributed by atoms with van der Waals surface area (Å²) in [6.07, 6.45) is 10.0. The normalized spacial score (nSPS) is 18.9. The van der Waals surface area contributed by atoms with Gasteiger partial charge in [0.2, 0.25) is 0 Å². The largest absolute Gasteiger partial charge is 0.461 e. The van der Waals surface area contributed by atoms with Gasteiger partial charge in [0, 0.05) is 6.92 Å². The Kier molecular flexibility index (Phi) is 5.44. The molecule has 15 heavy (non-hydrogen) atoms. The standard InChI is InChI=1S/C13H22O2/c1-3-12(10-15-11(2)14)9-13-7-5-4-6-8-13/h9,13H,3-8,10H2,1-2H3/b12-9+. The Hall–Kier alpha value is -0.790. The smallest absolute Gasteiger partial charge is 0.302 e. The zero-order chi connectivity index (χ0) is 11.1. The molecule has 0 radical (unpaired) electrons. The van der Waals surface area contributed by atoms with Crippen molar-refractivity contribution in [3.8, 4) is 0 Å². The average Bonchev–Trinajstić information content (AvgIpc) is 2.25. The molecule has 0 saturated heterocycles. The molecular formula is C13H22O2. The van der Waals surface area contributed by atoms with E-state index in [0.717, 1.165) is 12.3 Å². The second kappa shape index (κ2) is 6.65. The topological polar surface area (TPSA) is 26.3 Å². The molecule has 1 aliphatic rings. The van der Waals surface area contributed by atoms with E-state index in [1.165, 1.54) is 44.6 Å². The number of hydrogen-bond donors (Lipinski definition) is 0. The highest BCUT2D eigenvalue weighted by Crippen LogP contribution is 2.26. The van der Waals surface area contributed by atoms with Gasteiger partial charge in [0.05, 0.1) is 0 Å². The lowest BCUT2D eigenvalue weighted by molar-refractivity contribution is -0.140. The van der Waals surface area contributed by atoms with Crippen LogP contribution in [0.25, 0.3) is 0 Å². The van der Waals surface area contributed by atoms with Crippen molar-refractivity contribution >= 4 is 5.97 Å². The molecule has 0 unspecified atom stereocenters. The van der Waals surface area contributed by atoms with Gasteiger partial charge in [-0.25, -0.2) is 0 Å². The molecule has 0 amide bonds. The summed E-state index contributed by atoms with van der Waals surface area (Å²) >= 11 is 0. The van der Waals surface area contributed by atoms with Gasteiger partial charge in [0.25, 0.3) is 0 Å². The molecule has 0 bridgehead atoms. The van der Waals surface area contributed by atoms with Crippen LogP contribution in [0.15, 0.2) is 11.6 Å². The summed E-state index contributed by atoms with van der Waals surface area (Å²) in [6, 6.07) is 0. The van der Waals surface area contributed by atoms with Gasteiger partial charge in [0.15, 0.2) is 0 Å². The van der Waals surface area contributed by atoms with E-state index < -0.39 is 0 Å². The van der Waals surface area contributed by atoms with Crippen LogP contribution in [0, 0.1) is 5.92 Å². The number of esters is 1. The first-order chi connectivity index (χ1) is 7.22. The number of allylic oxidation sites excluding steroid dienone is 1. The summed E-state index contributed by atoms with van der Waals surface area (Å²) in [5, 5.41) is 0. The van der Waals surface area contributed by atoms with Gasteiger partial charge in [-0.2, -0.15) is 0 Å². The molecule has 0 atom stereocenters. The summed E-state index contributed by atoms with van der Waals surface area (Å²) in [4.78, 5) is 10.7. The van der Waals surface area contributed by atoms with Crippen LogP contribution >= 0.6 is 0 Å². The first kappa shape index (κ1) is 12.3. The number of ether oxygens (including phenoxy) is 1. The van der Waals surface area contributed by atoms with Gasteiger partial charge in [-0.3, -0.25) is 4.79 Å². The molecule has 0 N–H and O–H groups in total. The third-order valence-electron chi connectivity index (χ3n) is 3.04. The number of rotatable bonds is 4. The van der Waals surface area contributed by atoms with Crippen LogP contribution in [0.3, 0.4) is 0 Å². The van der Waals surface area contributed by atoms with Gasteiger partial charge in [-0.1, -0.05) is 32.3 Å². The van der Waals surface area contributed by atoms with E-state index in [1.807, 2.05) is 0 Å². The molecule has 2 heteroatoms. The Morgan fingerprint density at radius 3 is 2.53 bits per heavy atom. The lowest BCUT2D eigenvalue weighted by Crippen LogP contribution is -2.07. The van der Waals surface area contributed by atoms with Gasteiger partial charge < -0.3 is 4.74 Å². The van der Waals surface area contributed by atoms with Crippen molar-refractivity contribution in [2.45, 2.75) is 52.4 Å². The molecule has 0 aliphatic heterocycles. The monoisotopic (exact) mass is 210 g/mol. The fourth-order valence-electron chi connectivity index (χ4n) is 2.10. The van der Waals surface area contributed by atoms with Crippen LogP contribution < -0.4 is 0 Å². The van der Waals surface area contributed by atoms with Crippen molar-refractivity contribution in [1.29, 1.82) is 0 Å². The van der Waals surface area contributed by atoms with Crippen molar-refractivity contribution in [1.82, 2.24) is 0 Å². The molecule has 0 aromatic heterocycles. The molecule has 2 nitrogen and oxygen atoms in total. The van der Waals surface area contributed by atoms with E-state index in [-0.39, 0.29) is 5.97 Å². The van der Waals surface area contributed by atoms with Crippen molar-refractivity contribution in [3.63, 3.8) is 0 Å². The quantitative estimate of drug-likeness (QED) is 0.524. The van der Waals surface area contributed by atoms with Crippen LogP contribution in [-0.2, 0) is 9.53 Å². The van der Waals surface area contributed by atoms with E-state index in [0.29, 0.717) is 6.61 Å². The molecule has 1 aliphatic carbocycles. The summed E-state index contributed by atoms with van der Waals surface area (Å²) in [6.45, 7) is 4.08. The van der Waals surface area contributed by atoms with Crippen molar-refractivity contribution < 1.29 is 9.53 Å². The van der Waals surface area contributed by atoms with Gasteiger partial charge in [-0.05, 0) is 30.8 Å². The molecule has 0 aromatic rings. The average molecular weight is 210 g/mol. The Labute approximate surface area is 92.7 Å². The number of carbonyl (C=O) groups is 1. The van der Waals surface area contributed by atoms with Crippen molar-refractivity contribution in [2.75, 3.05) is 6.61 Å². The molecule has 0 aromatic carbocycles. The van der Waals surface area contributed by atoms with Crippen LogP contribution in [0.2, 0.25) is 0 Å². The summed E-state index contributed by atoms with van der Waals surface area (Å²) < 4.78 is 5.03. The van der Waals surface area contributed by atoms with Gasteiger partial charge in [0.1, 0.15) is 6.61 Å². The van der Waals surface area contributed by atoms with E-state index in [1.54, 1.807) is 0 Å². The summed E-state index contributed by atoms with van der Waals surface area (Å²) in [5.41, 5.74) is 1.28. The second-order valence-electron chi connectivity index (χ2n) is 4.36.